The highest BCUT2D eigenvalue weighted by molar-refractivity contribution is 7.89. The number of aromatic nitrogens is 2. The van der Waals surface area contributed by atoms with Gasteiger partial charge in [0.25, 0.3) is 0 Å². The molecule has 0 aliphatic carbocycles. The summed E-state index contributed by atoms with van der Waals surface area (Å²) in [6.45, 7) is -0.0992. The second-order valence-electron chi connectivity index (χ2n) is 4.97. The van der Waals surface area contributed by atoms with Crippen LogP contribution < -0.4 is 4.72 Å². The van der Waals surface area contributed by atoms with E-state index in [9.17, 15) is 12.8 Å². The molecule has 3 rings (SSSR count). The number of hydrogen-bond donors (Lipinski definition) is 1. The Hall–Kier alpha value is -2.10. The SMILES string of the molecule is O=S(=O)(CCc1ccccc1F)NCc1nc(-c2cccs2)no1. The third kappa shape index (κ3) is 4.25. The summed E-state index contributed by atoms with van der Waals surface area (Å²) in [5, 5.41) is 5.69. The summed E-state index contributed by atoms with van der Waals surface area (Å²) in [6.07, 6.45) is 0.0896. The molecular formula is C15H14FN3O3S2. The molecule has 0 bridgehead atoms. The summed E-state index contributed by atoms with van der Waals surface area (Å²) in [5.41, 5.74) is 0.362. The van der Waals surface area contributed by atoms with E-state index in [4.69, 9.17) is 4.52 Å². The van der Waals surface area contributed by atoms with Crippen molar-refractivity contribution in [2.45, 2.75) is 13.0 Å². The van der Waals surface area contributed by atoms with Crippen molar-refractivity contribution in [2.75, 3.05) is 5.75 Å². The average molecular weight is 367 g/mol. The van der Waals surface area contributed by atoms with Gasteiger partial charge in [0.05, 0.1) is 17.2 Å². The number of halogens is 1. The predicted molar refractivity (Wildman–Crippen MR) is 88.3 cm³/mol. The first-order valence-corrected chi connectivity index (χ1v) is 9.64. The molecule has 6 nitrogen and oxygen atoms in total. The Bertz CT molecular complexity index is 908. The molecule has 0 radical (unpaired) electrons. The van der Waals surface area contributed by atoms with Crippen LogP contribution >= 0.6 is 11.3 Å². The lowest BCUT2D eigenvalue weighted by Crippen LogP contribution is -2.27. The summed E-state index contributed by atoms with van der Waals surface area (Å²) in [7, 11) is -3.58. The molecule has 0 spiro atoms. The van der Waals surface area contributed by atoms with Crippen LogP contribution in [-0.4, -0.2) is 24.3 Å². The average Bonchev–Trinajstić information content (AvgIpc) is 3.23. The second-order valence-corrected chi connectivity index (χ2v) is 7.84. The van der Waals surface area contributed by atoms with Crippen LogP contribution in [-0.2, 0) is 23.0 Å². The molecule has 0 saturated heterocycles. The number of hydrogen-bond acceptors (Lipinski definition) is 6. The fourth-order valence-corrected chi connectivity index (χ4v) is 3.65. The molecule has 0 aliphatic rings. The zero-order valence-electron chi connectivity index (χ0n) is 12.5. The van der Waals surface area contributed by atoms with Gasteiger partial charge in [-0.1, -0.05) is 29.4 Å². The quantitative estimate of drug-likeness (QED) is 0.694. The maximum atomic E-state index is 13.5. The maximum absolute atomic E-state index is 13.5. The topological polar surface area (TPSA) is 85.1 Å². The zero-order valence-corrected chi connectivity index (χ0v) is 14.1. The summed E-state index contributed by atoms with van der Waals surface area (Å²) >= 11 is 1.46. The Kier molecular flexibility index (Phi) is 5.03. The van der Waals surface area contributed by atoms with Crippen LogP contribution in [0.25, 0.3) is 10.7 Å². The molecule has 126 valence electrons. The fourth-order valence-electron chi connectivity index (χ4n) is 2.02. The van der Waals surface area contributed by atoms with E-state index in [0.717, 1.165) is 4.88 Å². The Morgan fingerprint density at radius 2 is 2.04 bits per heavy atom. The van der Waals surface area contributed by atoms with Gasteiger partial charge in [-0.3, -0.25) is 0 Å². The van der Waals surface area contributed by atoms with Gasteiger partial charge in [0.15, 0.2) is 0 Å². The molecule has 0 unspecified atom stereocenters. The third-order valence-electron chi connectivity index (χ3n) is 3.25. The smallest absolute Gasteiger partial charge is 0.242 e. The van der Waals surface area contributed by atoms with Gasteiger partial charge >= 0.3 is 0 Å². The first kappa shape index (κ1) is 16.7. The van der Waals surface area contributed by atoms with Crippen LogP contribution in [0.15, 0.2) is 46.3 Å². The Morgan fingerprint density at radius 1 is 1.21 bits per heavy atom. The molecular weight excluding hydrogens is 353 g/mol. The number of rotatable bonds is 7. The molecule has 0 saturated carbocycles. The minimum Gasteiger partial charge on any atom is -0.337 e. The lowest BCUT2D eigenvalue weighted by molar-refractivity contribution is 0.376. The largest absolute Gasteiger partial charge is 0.337 e. The summed E-state index contributed by atoms with van der Waals surface area (Å²) in [6, 6.07) is 9.81. The van der Waals surface area contributed by atoms with E-state index in [0.29, 0.717) is 11.4 Å². The van der Waals surface area contributed by atoms with Crippen molar-refractivity contribution < 1.29 is 17.3 Å². The molecule has 0 fully saturated rings. The van der Waals surface area contributed by atoms with Crippen molar-refractivity contribution in [1.29, 1.82) is 0 Å². The van der Waals surface area contributed by atoms with Gasteiger partial charge in [-0.15, -0.1) is 11.3 Å². The van der Waals surface area contributed by atoms with Gasteiger partial charge in [-0.25, -0.2) is 17.5 Å². The van der Waals surface area contributed by atoms with Crippen molar-refractivity contribution in [3.63, 3.8) is 0 Å². The maximum Gasteiger partial charge on any atom is 0.242 e. The first-order chi connectivity index (χ1) is 11.5. The highest BCUT2D eigenvalue weighted by Gasteiger charge is 2.15. The van der Waals surface area contributed by atoms with Crippen molar-refractivity contribution in [3.8, 4) is 10.7 Å². The molecule has 24 heavy (non-hydrogen) atoms. The molecule has 1 N–H and O–H groups in total. The first-order valence-electron chi connectivity index (χ1n) is 7.11. The van der Waals surface area contributed by atoms with E-state index in [-0.39, 0.29) is 24.6 Å². The summed E-state index contributed by atoms with van der Waals surface area (Å²) in [4.78, 5) is 4.97. The third-order valence-corrected chi connectivity index (χ3v) is 5.44. The van der Waals surface area contributed by atoms with E-state index < -0.39 is 15.8 Å². The minimum atomic E-state index is -3.58. The molecule has 0 aliphatic heterocycles. The van der Waals surface area contributed by atoms with Gasteiger partial charge in [0.1, 0.15) is 5.82 Å². The number of sulfonamides is 1. The number of aryl methyl sites for hydroxylation is 1. The molecule has 3 aromatic rings. The van der Waals surface area contributed by atoms with Crippen LogP contribution in [0.3, 0.4) is 0 Å². The molecule has 9 heteroatoms. The van der Waals surface area contributed by atoms with Crippen LogP contribution in [0.1, 0.15) is 11.5 Å². The second kappa shape index (κ2) is 7.20. The van der Waals surface area contributed by atoms with Gasteiger partial charge in [-0.2, -0.15) is 4.98 Å². The normalized spacial score (nSPS) is 11.7. The predicted octanol–water partition coefficient (Wildman–Crippen LogP) is 2.60. The molecule has 2 aromatic heterocycles. The number of nitrogens with one attached hydrogen (secondary N) is 1. The monoisotopic (exact) mass is 367 g/mol. The van der Waals surface area contributed by atoms with E-state index in [2.05, 4.69) is 14.9 Å². The Labute approximate surface area is 142 Å². The van der Waals surface area contributed by atoms with Crippen LogP contribution in [0.4, 0.5) is 4.39 Å². The Morgan fingerprint density at radius 3 is 2.79 bits per heavy atom. The van der Waals surface area contributed by atoms with Crippen molar-refractivity contribution in [3.05, 3.63) is 59.0 Å². The number of thiophene rings is 1. The molecule has 0 amide bonds. The van der Waals surface area contributed by atoms with E-state index in [1.54, 1.807) is 18.2 Å². The van der Waals surface area contributed by atoms with E-state index in [1.165, 1.54) is 17.4 Å². The minimum absolute atomic E-state index is 0.0896. The molecule has 0 atom stereocenters. The van der Waals surface area contributed by atoms with Crippen molar-refractivity contribution >= 4 is 21.4 Å². The van der Waals surface area contributed by atoms with Gasteiger partial charge in [0.2, 0.25) is 21.7 Å². The van der Waals surface area contributed by atoms with Gasteiger partial charge in [0, 0.05) is 0 Å². The number of benzene rings is 1. The summed E-state index contributed by atoms with van der Waals surface area (Å²) in [5.74, 6) is -0.0385. The molecule has 1 aromatic carbocycles. The highest BCUT2D eigenvalue weighted by Crippen LogP contribution is 2.21. The fraction of sp³-hybridized carbons (Fsp3) is 0.200. The van der Waals surface area contributed by atoms with Crippen LogP contribution in [0, 0.1) is 5.82 Å². The van der Waals surface area contributed by atoms with Gasteiger partial charge in [-0.05, 0) is 29.5 Å². The molecule has 2 heterocycles. The van der Waals surface area contributed by atoms with Crippen LogP contribution in [0.2, 0.25) is 0 Å². The lowest BCUT2D eigenvalue weighted by atomic mass is 10.2. The standard InChI is InChI=1S/C15H14FN3O3S2/c16-12-5-2-1-4-11(12)7-9-24(20,21)17-10-14-18-15(19-22-14)13-6-3-8-23-13/h1-6,8,17H,7,9-10H2. The van der Waals surface area contributed by atoms with Gasteiger partial charge < -0.3 is 4.52 Å². The van der Waals surface area contributed by atoms with Crippen molar-refractivity contribution in [2.24, 2.45) is 0 Å². The summed E-state index contributed by atoms with van der Waals surface area (Å²) < 4.78 is 44.9. The van der Waals surface area contributed by atoms with E-state index >= 15 is 0 Å². The van der Waals surface area contributed by atoms with Crippen molar-refractivity contribution in [1.82, 2.24) is 14.9 Å². The van der Waals surface area contributed by atoms with E-state index in [1.807, 2.05) is 17.5 Å². The number of nitrogens with zero attached hydrogens (tertiary/aromatic N) is 2. The lowest BCUT2D eigenvalue weighted by Gasteiger charge is -2.05. The Balaban J connectivity index is 1.56. The zero-order chi connectivity index (χ0) is 17.0. The highest BCUT2D eigenvalue weighted by atomic mass is 32.2. The van der Waals surface area contributed by atoms with Crippen LogP contribution in [0.5, 0.6) is 0 Å².